The second-order valence-corrected chi connectivity index (χ2v) is 4.79. The Morgan fingerprint density at radius 3 is 2.33 bits per heavy atom. The van der Waals surface area contributed by atoms with Crippen LogP contribution < -0.4 is 0 Å². The molecule has 0 saturated carbocycles. The highest BCUT2D eigenvalue weighted by Gasteiger charge is 2.16. The number of unbranched alkanes of at least 4 members (excludes halogenated alkanes) is 2. The van der Waals surface area contributed by atoms with Gasteiger partial charge in [-0.15, -0.1) is 0 Å². The lowest BCUT2D eigenvalue weighted by Crippen LogP contribution is -2.12. The summed E-state index contributed by atoms with van der Waals surface area (Å²) in [6, 6.07) is 5.79. The van der Waals surface area contributed by atoms with Crippen LogP contribution in [0.1, 0.15) is 46.4 Å². The molecule has 0 heterocycles. The molecule has 0 saturated heterocycles. The fraction of sp³-hybridized carbons (Fsp3) is 0.294. The van der Waals surface area contributed by atoms with E-state index in [1.54, 1.807) is 6.07 Å². The number of aromatic carboxylic acids is 1. The molecule has 0 bridgehead atoms. The number of carboxylic acids is 1. The highest BCUT2D eigenvalue weighted by atomic mass is 16.6. The Balaban J connectivity index is 2.27. The van der Waals surface area contributed by atoms with E-state index in [0.29, 0.717) is 19.3 Å². The molecular formula is C17H18O7. The van der Waals surface area contributed by atoms with E-state index in [2.05, 4.69) is 11.3 Å². The van der Waals surface area contributed by atoms with Crippen molar-refractivity contribution in [1.82, 2.24) is 0 Å². The van der Waals surface area contributed by atoms with Crippen molar-refractivity contribution in [2.75, 3.05) is 6.61 Å². The van der Waals surface area contributed by atoms with Crippen LogP contribution in [0.4, 0.5) is 0 Å². The van der Waals surface area contributed by atoms with Crippen LogP contribution in [0.15, 0.2) is 36.9 Å². The van der Waals surface area contributed by atoms with Gasteiger partial charge in [-0.05, 0) is 31.4 Å². The molecule has 0 atom stereocenters. The summed E-state index contributed by atoms with van der Waals surface area (Å²) in [4.78, 5) is 44.9. The minimum absolute atomic E-state index is 0.00323. The monoisotopic (exact) mass is 334 g/mol. The summed E-state index contributed by atoms with van der Waals surface area (Å²) in [6.07, 6.45) is 2.56. The summed E-state index contributed by atoms with van der Waals surface area (Å²) in [7, 11) is 0. The summed E-state index contributed by atoms with van der Waals surface area (Å²) >= 11 is 0. The third-order valence-electron chi connectivity index (χ3n) is 3.02. The maximum Gasteiger partial charge on any atom is 0.339 e. The summed E-state index contributed by atoms with van der Waals surface area (Å²) in [5.41, 5.74) is -0.117. The Morgan fingerprint density at radius 1 is 1.04 bits per heavy atom. The molecule has 128 valence electrons. The van der Waals surface area contributed by atoms with E-state index in [9.17, 15) is 19.2 Å². The molecule has 1 aromatic rings. The molecule has 0 unspecified atom stereocenters. The molecule has 0 radical (unpaired) electrons. The Hall–Kier alpha value is -2.96. The van der Waals surface area contributed by atoms with E-state index in [1.165, 1.54) is 18.2 Å². The van der Waals surface area contributed by atoms with Crippen molar-refractivity contribution in [3.05, 3.63) is 48.0 Å². The first-order valence-electron chi connectivity index (χ1n) is 7.32. The van der Waals surface area contributed by atoms with Gasteiger partial charge in [-0.1, -0.05) is 18.7 Å². The Kier molecular flexibility index (Phi) is 7.90. The lowest BCUT2D eigenvalue weighted by atomic mass is 10.1. The number of benzene rings is 1. The first kappa shape index (κ1) is 19.1. The van der Waals surface area contributed by atoms with E-state index < -0.39 is 23.9 Å². The molecule has 24 heavy (non-hydrogen) atoms. The van der Waals surface area contributed by atoms with Gasteiger partial charge in [0.25, 0.3) is 0 Å². The van der Waals surface area contributed by atoms with Gasteiger partial charge in [0, 0.05) is 12.5 Å². The zero-order chi connectivity index (χ0) is 17.9. The highest BCUT2D eigenvalue weighted by Crippen LogP contribution is 2.11. The summed E-state index contributed by atoms with van der Waals surface area (Å²) < 4.78 is 9.42. The number of carbonyl (C=O) groups is 4. The van der Waals surface area contributed by atoms with Gasteiger partial charge in [-0.3, -0.25) is 4.79 Å². The first-order chi connectivity index (χ1) is 11.5. The average Bonchev–Trinajstić information content (AvgIpc) is 2.57. The lowest BCUT2D eigenvalue weighted by Gasteiger charge is -2.07. The van der Waals surface area contributed by atoms with E-state index in [-0.39, 0.29) is 24.2 Å². The van der Waals surface area contributed by atoms with Gasteiger partial charge < -0.3 is 14.6 Å². The second-order valence-electron chi connectivity index (χ2n) is 4.79. The largest absolute Gasteiger partial charge is 0.478 e. The third-order valence-corrected chi connectivity index (χ3v) is 3.02. The lowest BCUT2D eigenvalue weighted by molar-refractivity contribution is -0.156. The third kappa shape index (κ3) is 6.43. The number of esters is 3. The number of hydrogen-bond donors (Lipinski definition) is 1. The maximum absolute atomic E-state index is 11.9. The Labute approximate surface area is 138 Å². The van der Waals surface area contributed by atoms with Crippen molar-refractivity contribution in [1.29, 1.82) is 0 Å². The quantitative estimate of drug-likeness (QED) is 0.320. The van der Waals surface area contributed by atoms with Crippen LogP contribution in [0.5, 0.6) is 0 Å². The van der Waals surface area contributed by atoms with E-state index in [4.69, 9.17) is 9.84 Å². The molecule has 1 rings (SSSR count). The molecule has 0 aliphatic rings. The van der Waals surface area contributed by atoms with E-state index in [0.717, 1.165) is 6.08 Å². The second kappa shape index (κ2) is 9.94. The summed E-state index contributed by atoms with van der Waals surface area (Å²) in [5.74, 6) is -3.32. The van der Waals surface area contributed by atoms with Crippen molar-refractivity contribution >= 4 is 23.9 Å². The number of hydrogen-bond acceptors (Lipinski definition) is 6. The normalized spacial score (nSPS) is 9.83. The van der Waals surface area contributed by atoms with Crippen LogP contribution in [0, 0.1) is 0 Å². The minimum atomic E-state index is -1.20. The SMILES string of the molecule is C=CC(=O)OC(=O)CCCCCOC(=O)c1ccccc1C(=O)O. The molecule has 0 aliphatic carbocycles. The van der Waals surface area contributed by atoms with Crippen molar-refractivity contribution in [3.63, 3.8) is 0 Å². The molecule has 0 amide bonds. The predicted octanol–water partition coefficient (Wildman–Crippen LogP) is 2.36. The van der Waals surface area contributed by atoms with Crippen molar-refractivity contribution in [3.8, 4) is 0 Å². The Bertz CT molecular complexity index is 634. The summed E-state index contributed by atoms with van der Waals surface area (Å²) in [5, 5.41) is 9.01. The van der Waals surface area contributed by atoms with Gasteiger partial charge in [0.2, 0.25) is 0 Å². The fourth-order valence-electron chi connectivity index (χ4n) is 1.84. The average molecular weight is 334 g/mol. The number of rotatable bonds is 9. The van der Waals surface area contributed by atoms with Crippen LogP contribution >= 0.6 is 0 Å². The van der Waals surface area contributed by atoms with Crippen molar-refractivity contribution < 1.29 is 33.8 Å². The maximum atomic E-state index is 11.9. The first-order valence-corrected chi connectivity index (χ1v) is 7.32. The predicted molar refractivity (Wildman–Crippen MR) is 83.4 cm³/mol. The van der Waals surface area contributed by atoms with Crippen molar-refractivity contribution in [2.45, 2.75) is 25.7 Å². The summed E-state index contributed by atoms with van der Waals surface area (Å²) in [6.45, 7) is 3.29. The van der Waals surface area contributed by atoms with Gasteiger partial charge >= 0.3 is 23.9 Å². The molecule has 0 spiro atoms. The van der Waals surface area contributed by atoms with Crippen LogP contribution in [0.2, 0.25) is 0 Å². The molecular weight excluding hydrogens is 316 g/mol. The molecule has 1 aromatic carbocycles. The fourth-order valence-corrected chi connectivity index (χ4v) is 1.84. The van der Waals surface area contributed by atoms with Gasteiger partial charge in [-0.2, -0.15) is 0 Å². The topological polar surface area (TPSA) is 107 Å². The van der Waals surface area contributed by atoms with Crippen molar-refractivity contribution in [2.24, 2.45) is 0 Å². The van der Waals surface area contributed by atoms with Gasteiger partial charge in [0.15, 0.2) is 0 Å². The van der Waals surface area contributed by atoms with Crippen LogP contribution in [-0.4, -0.2) is 35.6 Å². The minimum Gasteiger partial charge on any atom is -0.478 e. The van der Waals surface area contributed by atoms with Gasteiger partial charge in [0.05, 0.1) is 17.7 Å². The molecule has 7 nitrogen and oxygen atoms in total. The van der Waals surface area contributed by atoms with E-state index >= 15 is 0 Å². The zero-order valence-corrected chi connectivity index (χ0v) is 13.0. The Morgan fingerprint density at radius 2 is 1.71 bits per heavy atom. The number of ether oxygens (including phenoxy) is 2. The van der Waals surface area contributed by atoms with Gasteiger partial charge in [0.1, 0.15) is 0 Å². The van der Waals surface area contributed by atoms with Crippen LogP contribution in [0.25, 0.3) is 0 Å². The smallest absolute Gasteiger partial charge is 0.339 e. The van der Waals surface area contributed by atoms with Gasteiger partial charge in [-0.25, -0.2) is 14.4 Å². The van der Waals surface area contributed by atoms with E-state index in [1.807, 2.05) is 0 Å². The highest BCUT2D eigenvalue weighted by molar-refractivity contribution is 6.02. The molecule has 7 heteroatoms. The number of carboxylic acid groups (broad SMARTS) is 1. The molecule has 1 N–H and O–H groups in total. The molecule has 0 aromatic heterocycles. The number of carbonyl (C=O) groups excluding carboxylic acids is 3. The van der Waals surface area contributed by atoms with Crippen LogP contribution in [0.3, 0.4) is 0 Å². The molecule has 0 aliphatic heterocycles. The standard InChI is InChI=1S/C17H18O7/c1-2-14(18)24-15(19)10-4-3-7-11-23-17(22)13-9-6-5-8-12(13)16(20)21/h2,5-6,8-9H,1,3-4,7,10-11H2,(H,20,21). The zero-order valence-electron chi connectivity index (χ0n) is 13.0. The van der Waals surface area contributed by atoms with Crippen LogP contribution in [-0.2, 0) is 19.1 Å². The molecule has 0 fully saturated rings.